The number of ether oxygens (including phenoxy) is 2. The van der Waals surface area contributed by atoms with Crippen molar-refractivity contribution in [1.82, 2.24) is 4.90 Å². The van der Waals surface area contributed by atoms with Crippen LogP contribution in [0.5, 0.6) is 11.5 Å². The van der Waals surface area contributed by atoms with Crippen LogP contribution in [0.2, 0.25) is 0 Å². The van der Waals surface area contributed by atoms with Crippen LogP contribution in [0, 0.1) is 5.92 Å². The van der Waals surface area contributed by atoms with Crippen LogP contribution in [-0.2, 0) is 18.4 Å². The summed E-state index contributed by atoms with van der Waals surface area (Å²) in [5, 5.41) is 12.4. The molecule has 0 saturated carbocycles. The molecule has 0 spiro atoms. The Hall–Kier alpha value is -2.15. The number of carbonyl (C=O) groups excluding carboxylic acids is 1. The van der Waals surface area contributed by atoms with Crippen LogP contribution in [0.4, 0.5) is 0 Å². The lowest BCUT2D eigenvalue weighted by atomic mass is 9.67. The molecule has 5 nitrogen and oxygen atoms in total. The Kier molecular flexibility index (Phi) is 8.85. The molecule has 4 atom stereocenters. The predicted molar refractivity (Wildman–Crippen MR) is 158 cm³/mol. The van der Waals surface area contributed by atoms with E-state index in [0.29, 0.717) is 12.2 Å². The summed E-state index contributed by atoms with van der Waals surface area (Å²) in [6.07, 6.45) is 10.1. The Labute approximate surface area is 238 Å². The zero-order chi connectivity index (χ0) is 27.6. The van der Waals surface area contributed by atoms with Crippen LogP contribution in [0.15, 0.2) is 35.7 Å². The van der Waals surface area contributed by atoms with Crippen LogP contribution in [-0.4, -0.2) is 48.2 Å². The first-order chi connectivity index (χ1) is 18.8. The maximum atomic E-state index is 12.7. The van der Waals surface area contributed by atoms with E-state index in [1.807, 2.05) is 19.1 Å². The van der Waals surface area contributed by atoms with E-state index in [9.17, 15) is 9.90 Å². The van der Waals surface area contributed by atoms with Crippen LogP contribution < -0.4 is 9.47 Å². The van der Waals surface area contributed by atoms with Crippen molar-refractivity contribution in [2.45, 2.75) is 102 Å². The second-order valence-electron chi connectivity index (χ2n) is 12.0. The van der Waals surface area contributed by atoms with Gasteiger partial charge in [0.05, 0.1) is 18.6 Å². The van der Waals surface area contributed by atoms with Crippen LogP contribution >= 0.6 is 11.3 Å². The quantitative estimate of drug-likeness (QED) is 0.225. The van der Waals surface area contributed by atoms with Gasteiger partial charge in [0.1, 0.15) is 6.10 Å². The second kappa shape index (κ2) is 12.2. The van der Waals surface area contributed by atoms with Crippen molar-refractivity contribution in [3.05, 3.63) is 57.3 Å². The molecule has 1 aromatic heterocycles. The summed E-state index contributed by atoms with van der Waals surface area (Å²) in [4.78, 5) is 16.6. The number of hydrogen-bond donors (Lipinski definition) is 1. The summed E-state index contributed by atoms with van der Waals surface area (Å²) < 4.78 is 12.2. The molecule has 2 aromatic rings. The zero-order valence-electron chi connectivity index (χ0n) is 24.0. The van der Waals surface area contributed by atoms with E-state index < -0.39 is 6.10 Å². The van der Waals surface area contributed by atoms with Gasteiger partial charge in [-0.25, -0.2) is 0 Å². The predicted octanol–water partition coefficient (Wildman–Crippen LogP) is 7.09. The molecule has 1 aromatic carbocycles. The lowest BCUT2D eigenvalue weighted by Gasteiger charge is -2.36. The molecule has 212 valence electrons. The van der Waals surface area contributed by atoms with Gasteiger partial charge in [-0.3, -0.25) is 9.69 Å². The summed E-state index contributed by atoms with van der Waals surface area (Å²) >= 11 is 1.74. The van der Waals surface area contributed by atoms with E-state index in [4.69, 9.17) is 9.47 Å². The Morgan fingerprint density at radius 3 is 2.82 bits per heavy atom. The minimum absolute atomic E-state index is 0.137. The number of carbonyl (C=O) groups is 1. The van der Waals surface area contributed by atoms with Crippen molar-refractivity contribution in [1.29, 1.82) is 0 Å². The van der Waals surface area contributed by atoms with Crippen molar-refractivity contribution < 1.29 is 19.4 Å². The molecule has 1 aliphatic carbocycles. The highest BCUT2D eigenvalue weighted by atomic mass is 32.1. The number of aliphatic hydroxyl groups excluding tert-OH is 1. The van der Waals surface area contributed by atoms with Gasteiger partial charge in [-0.2, -0.15) is 0 Å². The third kappa shape index (κ3) is 5.57. The molecular weight excluding hydrogens is 506 g/mol. The van der Waals surface area contributed by atoms with E-state index in [1.165, 1.54) is 41.7 Å². The number of aliphatic hydroxyl groups is 1. The first-order valence-corrected chi connectivity index (χ1v) is 15.8. The smallest absolute Gasteiger partial charge is 0.167 e. The molecule has 0 bridgehead atoms. The molecule has 6 heteroatoms. The number of aryl methyl sites for hydroxylation is 1. The molecule has 1 unspecified atom stereocenters. The minimum Gasteiger partial charge on any atom is -0.493 e. The van der Waals surface area contributed by atoms with Gasteiger partial charge in [-0.05, 0) is 82.1 Å². The molecular formula is C33H45NO4S. The van der Waals surface area contributed by atoms with E-state index in [0.717, 1.165) is 74.4 Å². The third-order valence-electron chi connectivity index (χ3n) is 9.35. The first kappa shape index (κ1) is 28.4. The number of fused-ring (bicyclic) bond motifs is 1. The summed E-state index contributed by atoms with van der Waals surface area (Å²) in [7, 11) is 1.70. The highest BCUT2D eigenvalue weighted by Gasteiger charge is 2.53. The number of ketones is 1. The van der Waals surface area contributed by atoms with Gasteiger partial charge >= 0.3 is 0 Å². The van der Waals surface area contributed by atoms with Gasteiger partial charge in [-0.1, -0.05) is 43.9 Å². The molecule has 2 aliphatic heterocycles. The molecule has 3 heterocycles. The number of rotatable bonds is 12. The Bertz CT molecular complexity index is 1190. The van der Waals surface area contributed by atoms with Gasteiger partial charge in [-0.15, -0.1) is 11.3 Å². The average molecular weight is 552 g/mol. The van der Waals surface area contributed by atoms with Crippen molar-refractivity contribution in [3.8, 4) is 11.5 Å². The van der Waals surface area contributed by atoms with E-state index in [1.54, 1.807) is 18.4 Å². The summed E-state index contributed by atoms with van der Waals surface area (Å²) in [6, 6.07) is 6.26. The summed E-state index contributed by atoms with van der Waals surface area (Å²) in [5.74, 6) is 2.24. The highest BCUT2D eigenvalue weighted by Crippen LogP contribution is 2.56. The van der Waals surface area contributed by atoms with Gasteiger partial charge in [0.25, 0.3) is 0 Å². The topological polar surface area (TPSA) is 59.0 Å². The van der Waals surface area contributed by atoms with Gasteiger partial charge in [0, 0.05) is 34.9 Å². The fraction of sp³-hybridized carbons (Fsp3) is 0.606. The number of nitrogens with zero attached hydrogens (tertiary/aromatic N) is 1. The Morgan fingerprint density at radius 1 is 1.26 bits per heavy atom. The SMILES string of the molecule is C=C(C)[C@@]12CCN(CCCCCCCC3CCc4sccc4C3=O)Cc3ccc(OC)c(c31)O[C@H]2C[C@H](C)O. The molecule has 0 fully saturated rings. The van der Waals surface area contributed by atoms with Crippen LogP contribution in [0.3, 0.4) is 0 Å². The fourth-order valence-electron chi connectivity index (χ4n) is 7.24. The maximum Gasteiger partial charge on any atom is 0.167 e. The fourth-order valence-corrected chi connectivity index (χ4v) is 8.14. The molecule has 0 saturated heterocycles. The Morgan fingerprint density at radius 2 is 2.05 bits per heavy atom. The largest absolute Gasteiger partial charge is 0.493 e. The van der Waals surface area contributed by atoms with Crippen molar-refractivity contribution in [3.63, 3.8) is 0 Å². The lowest BCUT2D eigenvalue weighted by Crippen LogP contribution is -2.42. The summed E-state index contributed by atoms with van der Waals surface area (Å²) in [5.41, 5.74) is 4.33. The second-order valence-corrected chi connectivity index (χ2v) is 13.0. The monoisotopic (exact) mass is 551 g/mol. The number of unbranched alkanes of at least 4 members (excludes halogenated alkanes) is 4. The van der Waals surface area contributed by atoms with Crippen molar-refractivity contribution in [2.75, 3.05) is 20.2 Å². The van der Waals surface area contributed by atoms with Crippen LogP contribution in [0.25, 0.3) is 0 Å². The lowest BCUT2D eigenvalue weighted by molar-refractivity contribution is 0.0776. The maximum absolute atomic E-state index is 12.7. The summed E-state index contributed by atoms with van der Waals surface area (Å²) in [6.45, 7) is 11.4. The van der Waals surface area contributed by atoms with Crippen LogP contribution in [0.1, 0.15) is 98.0 Å². The van der Waals surface area contributed by atoms with Gasteiger partial charge in [0.15, 0.2) is 17.3 Å². The standard InChI is InChI=1S/C33H45NO4S/c1-22(2)33-16-18-34(21-25-11-13-27(37-4)32(30(25)33)38-29(33)20-23(3)35)17-9-7-5-6-8-10-24-12-14-28-26(31(24)36)15-19-39-28/h11,13,15,19,23-24,29,35H,1,5-10,12,14,16-18,20-21H2,2-4H3/t23-,24?,29-,33+/m0/s1. The molecule has 0 amide bonds. The number of methoxy groups -OCH3 is 1. The van der Waals surface area contributed by atoms with Gasteiger partial charge < -0.3 is 14.6 Å². The minimum atomic E-state index is -0.446. The van der Waals surface area contributed by atoms with E-state index in [2.05, 4.69) is 29.8 Å². The average Bonchev–Trinajstić information content (AvgIpc) is 3.46. The number of thiophene rings is 1. The Balaban J connectivity index is 1.14. The molecule has 5 rings (SSSR count). The van der Waals surface area contributed by atoms with Crippen molar-refractivity contribution >= 4 is 17.1 Å². The molecule has 1 N–H and O–H groups in total. The molecule has 39 heavy (non-hydrogen) atoms. The third-order valence-corrected chi connectivity index (χ3v) is 10.3. The number of benzene rings is 1. The molecule has 3 aliphatic rings. The van der Waals surface area contributed by atoms with E-state index >= 15 is 0 Å². The highest BCUT2D eigenvalue weighted by molar-refractivity contribution is 7.10. The first-order valence-electron chi connectivity index (χ1n) is 14.9. The van der Waals surface area contributed by atoms with E-state index in [-0.39, 0.29) is 17.4 Å². The number of Topliss-reactive ketones (excluding diaryl/α,β-unsaturated/α-hetero) is 1. The molecule has 0 radical (unpaired) electrons. The normalized spacial score (nSPS) is 25.0. The van der Waals surface area contributed by atoms with Crippen molar-refractivity contribution in [2.24, 2.45) is 5.92 Å². The van der Waals surface area contributed by atoms with Gasteiger partial charge in [0.2, 0.25) is 0 Å². The zero-order valence-corrected chi connectivity index (χ0v) is 24.8. The number of hydrogen-bond acceptors (Lipinski definition) is 6.